The molecule has 0 aromatic heterocycles. The zero-order chi connectivity index (χ0) is 26.9. The van der Waals surface area contributed by atoms with Crippen LogP contribution >= 0.6 is 0 Å². The number of hydrogen-bond acceptors (Lipinski definition) is 2. The van der Waals surface area contributed by atoms with Gasteiger partial charge in [0.25, 0.3) is 0 Å². The molecule has 0 N–H and O–H groups in total. The molecule has 2 nitrogen and oxygen atoms in total. The van der Waals surface area contributed by atoms with Crippen molar-refractivity contribution in [3.63, 3.8) is 0 Å². The summed E-state index contributed by atoms with van der Waals surface area (Å²) < 4.78 is 12.6. The normalized spacial score (nSPS) is 11.3. The quantitative estimate of drug-likeness (QED) is 0.121. The molecule has 0 aliphatic heterocycles. The molecule has 0 saturated carbocycles. The van der Waals surface area contributed by atoms with Crippen molar-refractivity contribution >= 4 is 16.1 Å². The highest BCUT2D eigenvalue weighted by molar-refractivity contribution is 6.84. The van der Waals surface area contributed by atoms with Crippen LogP contribution in [0, 0.1) is 22.9 Å². The number of hydrogen-bond donors (Lipinski definition) is 0. The van der Waals surface area contributed by atoms with Crippen molar-refractivity contribution in [2.45, 2.75) is 130 Å². The zero-order valence-corrected chi connectivity index (χ0v) is 26.9. The lowest BCUT2D eigenvalue weighted by molar-refractivity contribution is 0.295. The molecule has 0 amide bonds. The zero-order valence-electron chi connectivity index (χ0n) is 24.9. The van der Waals surface area contributed by atoms with Gasteiger partial charge >= 0.3 is 0 Å². The Morgan fingerprint density at radius 3 is 1.19 bits per heavy atom. The molecule has 202 valence electrons. The van der Waals surface area contributed by atoms with Crippen LogP contribution in [-0.4, -0.2) is 29.4 Å². The summed E-state index contributed by atoms with van der Waals surface area (Å²) in [5.41, 5.74) is 8.94. The van der Waals surface area contributed by atoms with Crippen molar-refractivity contribution in [3.05, 3.63) is 23.3 Å². The van der Waals surface area contributed by atoms with E-state index in [2.05, 4.69) is 88.2 Å². The minimum Gasteiger partial charge on any atom is -0.492 e. The number of benzene rings is 1. The standard InChI is InChI=1S/C32H54O2Si2/c1-9-11-13-15-17-19-23-33-31-27-30(22-26-36(6,7)8)32(28-29(31)21-25-35(3,4)5)34-24-20-18-16-14-12-10-2/h27-28H,9-20,23-24H2,1-8H3. The van der Waals surface area contributed by atoms with Crippen LogP contribution in [0.2, 0.25) is 39.3 Å². The Bertz CT molecular complexity index is 796. The molecular weight excluding hydrogens is 473 g/mol. The highest BCUT2D eigenvalue weighted by atomic mass is 28.3. The van der Waals surface area contributed by atoms with Gasteiger partial charge in [0.15, 0.2) is 0 Å². The fraction of sp³-hybridized carbons (Fsp3) is 0.688. The third-order valence-electron chi connectivity index (χ3n) is 5.74. The molecule has 36 heavy (non-hydrogen) atoms. The summed E-state index contributed by atoms with van der Waals surface area (Å²) in [5, 5.41) is 0. The van der Waals surface area contributed by atoms with Gasteiger partial charge in [-0.2, -0.15) is 0 Å². The molecule has 0 radical (unpaired) electrons. The Kier molecular flexibility index (Phi) is 16.0. The van der Waals surface area contributed by atoms with Gasteiger partial charge in [0, 0.05) is 12.1 Å². The minimum atomic E-state index is -1.52. The summed E-state index contributed by atoms with van der Waals surface area (Å²) in [4.78, 5) is 0. The topological polar surface area (TPSA) is 18.5 Å². The van der Waals surface area contributed by atoms with Crippen LogP contribution in [0.25, 0.3) is 0 Å². The molecule has 0 spiro atoms. The van der Waals surface area contributed by atoms with Crippen molar-refractivity contribution in [1.29, 1.82) is 0 Å². The van der Waals surface area contributed by atoms with Crippen molar-refractivity contribution in [2.75, 3.05) is 13.2 Å². The van der Waals surface area contributed by atoms with E-state index in [1.807, 2.05) is 0 Å². The summed E-state index contributed by atoms with van der Waals surface area (Å²) in [7, 11) is -3.04. The van der Waals surface area contributed by atoms with E-state index in [9.17, 15) is 0 Å². The molecule has 0 fully saturated rings. The average Bonchev–Trinajstić information content (AvgIpc) is 2.80. The van der Waals surface area contributed by atoms with Gasteiger partial charge in [-0.25, -0.2) is 0 Å². The summed E-state index contributed by atoms with van der Waals surface area (Å²) in [6.07, 6.45) is 15.1. The Labute approximate surface area is 226 Å². The van der Waals surface area contributed by atoms with E-state index >= 15 is 0 Å². The van der Waals surface area contributed by atoms with E-state index < -0.39 is 16.1 Å². The largest absolute Gasteiger partial charge is 0.492 e. The van der Waals surface area contributed by atoms with Gasteiger partial charge in [0.1, 0.15) is 27.6 Å². The molecule has 0 unspecified atom stereocenters. The summed E-state index contributed by atoms with van der Waals surface area (Å²) >= 11 is 0. The maximum atomic E-state index is 6.32. The first-order valence-corrected chi connectivity index (χ1v) is 21.6. The fourth-order valence-corrected chi connectivity index (χ4v) is 4.65. The first kappa shape index (κ1) is 32.4. The lowest BCUT2D eigenvalue weighted by atomic mass is 10.1. The van der Waals surface area contributed by atoms with Crippen molar-refractivity contribution < 1.29 is 9.47 Å². The van der Waals surface area contributed by atoms with Crippen LogP contribution in [-0.2, 0) is 0 Å². The van der Waals surface area contributed by atoms with Gasteiger partial charge in [-0.15, -0.1) is 11.1 Å². The third-order valence-corrected chi connectivity index (χ3v) is 7.49. The van der Waals surface area contributed by atoms with Gasteiger partial charge in [-0.05, 0) is 12.8 Å². The van der Waals surface area contributed by atoms with Crippen molar-refractivity contribution in [1.82, 2.24) is 0 Å². The fourth-order valence-electron chi connectivity index (χ4n) is 3.63. The van der Waals surface area contributed by atoms with E-state index in [0.717, 1.165) is 48.7 Å². The molecule has 0 saturated heterocycles. The van der Waals surface area contributed by atoms with Gasteiger partial charge in [-0.3, -0.25) is 0 Å². The third kappa shape index (κ3) is 16.2. The van der Waals surface area contributed by atoms with Crippen LogP contribution in [0.5, 0.6) is 11.5 Å². The molecule has 4 heteroatoms. The smallest absolute Gasteiger partial charge is 0.136 e. The van der Waals surface area contributed by atoms with Crippen LogP contribution in [0.3, 0.4) is 0 Å². The molecule has 0 atom stereocenters. The van der Waals surface area contributed by atoms with E-state index in [1.54, 1.807) is 0 Å². The molecule has 1 aromatic rings. The Morgan fingerprint density at radius 2 is 0.861 bits per heavy atom. The second-order valence-electron chi connectivity index (χ2n) is 12.1. The lowest BCUT2D eigenvalue weighted by Gasteiger charge is -2.15. The second-order valence-corrected chi connectivity index (χ2v) is 21.6. The monoisotopic (exact) mass is 526 g/mol. The lowest BCUT2D eigenvalue weighted by Crippen LogP contribution is -2.16. The number of unbranched alkanes of at least 4 members (excludes halogenated alkanes) is 10. The van der Waals surface area contributed by atoms with Gasteiger partial charge in [0.2, 0.25) is 0 Å². The number of ether oxygens (including phenoxy) is 2. The molecule has 0 bridgehead atoms. The molecule has 0 aliphatic rings. The minimum absolute atomic E-state index is 0.729. The molecule has 0 heterocycles. The SMILES string of the molecule is CCCCCCCCOc1cc(C#C[Si](C)(C)C)c(OCCCCCCCC)cc1C#C[Si](C)(C)C. The van der Waals surface area contributed by atoms with Crippen molar-refractivity contribution in [2.24, 2.45) is 0 Å². The van der Waals surface area contributed by atoms with Gasteiger partial charge in [-0.1, -0.05) is 129 Å². The highest BCUT2D eigenvalue weighted by Crippen LogP contribution is 2.29. The Morgan fingerprint density at radius 1 is 0.528 bits per heavy atom. The Hall–Kier alpha value is -1.63. The van der Waals surface area contributed by atoms with Crippen LogP contribution in [0.15, 0.2) is 12.1 Å². The van der Waals surface area contributed by atoms with Crippen LogP contribution in [0.4, 0.5) is 0 Å². The first-order valence-electron chi connectivity index (χ1n) is 14.6. The number of rotatable bonds is 16. The van der Waals surface area contributed by atoms with E-state index in [0.29, 0.717) is 0 Å². The van der Waals surface area contributed by atoms with Gasteiger partial charge in [0.05, 0.1) is 24.3 Å². The molecular formula is C32H54O2Si2. The predicted molar refractivity (Wildman–Crippen MR) is 165 cm³/mol. The van der Waals surface area contributed by atoms with E-state index in [4.69, 9.17) is 9.47 Å². The van der Waals surface area contributed by atoms with E-state index in [-0.39, 0.29) is 0 Å². The van der Waals surface area contributed by atoms with Crippen molar-refractivity contribution in [3.8, 4) is 34.4 Å². The summed E-state index contributed by atoms with van der Waals surface area (Å²) in [5.74, 6) is 8.63. The average molecular weight is 527 g/mol. The van der Waals surface area contributed by atoms with Gasteiger partial charge < -0.3 is 9.47 Å². The van der Waals surface area contributed by atoms with Crippen LogP contribution < -0.4 is 9.47 Å². The molecule has 1 aromatic carbocycles. The maximum absolute atomic E-state index is 6.32. The summed E-state index contributed by atoms with van der Waals surface area (Å²) in [6, 6.07) is 4.18. The highest BCUT2D eigenvalue weighted by Gasteiger charge is 2.14. The Balaban J connectivity index is 3.09. The maximum Gasteiger partial charge on any atom is 0.136 e. The second kappa shape index (κ2) is 17.8. The predicted octanol–water partition coefficient (Wildman–Crippen LogP) is 9.62. The summed E-state index contributed by atoms with van der Waals surface area (Å²) in [6.45, 7) is 19.6. The molecule has 1 rings (SSSR count). The van der Waals surface area contributed by atoms with E-state index in [1.165, 1.54) is 64.2 Å². The first-order chi connectivity index (χ1) is 17.1. The van der Waals surface area contributed by atoms with Crippen LogP contribution in [0.1, 0.15) is 102 Å². The molecule has 0 aliphatic carbocycles.